The van der Waals surface area contributed by atoms with Crippen LogP contribution in [0, 0.1) is 5.82 Å². The van der Waals surface area contributed by atoms with E-state index in [0.717, 1.165) is 24.3 Å². The molecule has 0 saturated heterocycles. The molecular formula is C14H18FN3. The Morgan fingerprint density at radius 2 is 2.00 bits per heavy atom. The highest BCUT2D eigenvalue weighted by Crippen LogP contribution is 2.17. The Morgan fingerprint density at radius 3 is 2.67 bits per heavy atom. The predicted molar refractivity (Wildman–Crippen MR) is 70.8 cm³/mol. The summed E-state index contributed by atoms with van der Waals surface area (Å²) >= 11 is 0. The molecule has 0 amide bonds. The molecule has 2 aromatic rings. The van der Waals surface area contributed by atoms with Crippen LogP contribution in [-0.4, -0.2) is 22.4 Å². The fraction of sp³-hybridized carbons (Fsp3) is 0.357. The molecule has 1 atom stereocenters. The third-order valence-corrected chi connectivity index (χ3v) is 2.79. The summed E-state index contributed by atoms with van der Waals surface area (Å²) in [5, 5.41) is 7.83. The Kier molecular flexibility index (Phi) is 4.10. The molecule has 3 nitrogen and oxygen atoms in total. The molecule has 0 aliphatic heterocycles. The number of hydrogen-bond acceptors (Lipinski definition) is 2. The molecule has 0 aliphatic rings. The van der Waals surface area contributed by atoms with Crippen LogP contribution in [0.1, 0.15) is 13.8 Å². The molecule has 96 valence electrons. The maximum atomic E-state index is 12.8. The van der Waals surface area contributed by atoms with Crippen molar-refractivity contribution in [3.8, 4) is 11.3 Å². The van der Waals surface area contributed by atoms with Gasteiger partial charge in [0.2, 0.25) is 0 Å². The molecule has 1 N–H and O–H groups in total. The molecule has 0 aliphatic carbocycles. The molecule has 0 spiro atoms. The van der Waals surface area contributed by atoms with Gasteiger partial charge in [0.05, 0.1) is 12.2 Å². The highest BCUT2D eigenvalue weighted by molar-refractivity contribution is 5.58. The van der Waals surface area contributed by atoms with Gasteiger partial charge in [-0.3, -0.25) is 4.68 Å². The Hall–Kier alpha value is -1.68. The second-order valence-electron chi connectivity index (χ2n) is 4.39. The molecule has 0 radical (unpaired) electrons. The summed E-state index contributed by atoms with van der Waals surface area (Å²) in [5.74, 6) is -0.223. The van der Waals surface area contributed by atoms with Gasteiger partial charge in [-0.1, -0.05) is 6.92 Å². The first-order valence-corrected chi connectivity index (χ1v) is 6.22. The van der Waals surface area contributed by atoms with Crippen LogP contribution < -0.4 is 5.32 Å². The van der Waals surface area contributed by atoms with E-state index in [1.54, 1.807) is 12.1 Å². The molecule has 0 bridgehead atoms. The minimum absolute atomic E-state index is 0.223. The molecule has 1 aromatic heterocycles. The van der Waals surface area contributed by atoms with Crippen LogP contribution in [0.25, 0.3) is 11.3 Å². The Balaban J connectivity index is 2.08. The molecular weight excluding hydrogens is 229 g/mol. The lowest BCUT2D eigenvalue weighted by Crippen LogP contribution is -2.30. The molecule has 0 saturated carbocycles. The smallest absolute Gasteiger partial charge is 0.123 e. The fourth-order valence-corrected chi connectivity index (χ4v) is 1.93. The van der Waals surface area contributed by atoms with Crippen molar-refractivity contribution in [3.63, 3.8) is 0 Å². The zero-order valence-corrected chi connectivity index (χ0v) is 10.7. The first kappa shape index (κ1) is 12.8. The van der Waals surface area contributed by atoms with Crippen molar-refractivity contribution >= 4 is 0 Å². The van der Waals surface area contributed by atoms with E-state index >= 15 is 0 Å². The summed E-state index contributed by atoms with van der Waals surface area (Å²) in [6.45, 7) is 5.99. The molecule has 0 unspecified atom stereocenters. The summed E-state index contributed by atoms with van der Waals surface area (Å²) < 4.78 is 14.7. The normalized spacial score (nSPS) is 12.6. The number of likely N-dealkylation sites (N-methyl/N-ethyl adjacent to an activating group) is 1. The highest BCUT2D eigenvalue weighted by atomic mass is 19.1. The van der Waals surface area contributed by atoms with Crippen LogP contribution in [0.2, 0.25) is 0 Å². The molecule has 4 heteroatoms. The molecule has 1 heterocycles. The third kappa shape index (κ3) is 3.17. The van der Waals surface area contributed by atoms with Crippen molar-refractivity contribution < 1.29 is 4.39 Å². The highest BCUT2D eigenvalue weighted by Gasteiger charge is 2.05. The largest absolute Gasteiger partial charge is 0.313 e. The van der Waals surface area contributed by atoms with Crippen LogP contribution in [0.4, 0.5) is 4.39 Å². The third-order valence-electron chi connectivity index (χ3n) is 2.79. The van der Waals surface area contributed by atoms with Gasteiger partial charge in [0.1, 0.15) is 5.82 Å². The summed E-state index contributed by atoms with van der Waals surface area (Å²) in [6, 6.07) is 8.73. The zero-order valence-electron chi connectivity index (χ0n) is 10.7. The fourth-order valence-electron chi connectivity index (χ4n) is 1.93. The van der Waals surface area contributed by atoms with E-state index in [4.69, 9.17) is 0 Å². The molecule has 0 fully saturated rings. The number of nitrogens with one attached hydrogen (secondary N) is 1. The van der Waals surface area contributed by atoms with Crippen molar-refractivity contribution in [2.75, 3.05) is 6.54 Å². The van der Waals surface area contributed by atoms with E-state index in [-0.39, 0.29) is 5.82 Å². The van der Waals surface area contributed by atoms with Gasteiger partial charge >= 0.3 is 0 Å². The lowest BCUT2D eigenvalue weighted by molar-refractivity contribution is 0.462. The average molecular weight is 247 g/mol. The lowest BCUT2D eigenvalue weighted by atomic mass is 10.1. The van der Waals surface area contributed by atoms with E-state index in [1.165, 1.54) is 12.1 Å². The number of rotatable bonds is 5. The number of hydrogen-bond donors (Lipinski definition) is 1. The monoisotopic (exact) mass is 247 g/mol. The number of nitrogens with zero attached hydrogens (tertiary/aromatic N) is 2. The molecule has 2 rings (SSSR count). The minimum Gasteiger partial charge on any atom is -0.313 e. The van der Waals surface area contributed by atoms with E-state index < -0.39 is 0 Å². The predicted octanol–water partition coefficient (Wildman–Crippen LogP) is 2.69. The van der Waals surface area contributed by atoms with Crippen molar-refractivity contribution in [1.29, 1.82) is 0 Å². The average Bonchev–Trinajstić information content (AvgIpc) is 2.78. The molecule has 18 heavy (non-hydrogen) atoms. The van der Waals surface area contributed by atoms with Crippen molar-refractivity contribution in [3.05, 3.63) is 42.3 Å². The number of aromatic nitrogens is 2. The van der Waals surface area contributed by atoms with E-state index in [0.29, 0.717) is 6.04 Å². The first-order chi connectivity index (χ1) is 8.69. The van der Waals surface area contributed by atoms with Crippen LogP contribution in [-0.2, 0) is 6.54 Å². The van der Waals surface area contributed by atoms with Gasteiger partial charge in [0.15, 0.2) is 0 Å². The Labute approximate surface area is 107 Å². The lowest BCUT2D eigenvalue weighted by Gasteiger charge is -2.11. The van der Waals surface area contributed by atoms with E-state index in [9.17, 15) is 4.39 Å². The summed E-state index contributed by atoms with van der Waals surface area (Å²) in [6.07, 6.45) is 1.95. The second kappa shape index (κ2) is 5.78. The van der Waals surface area contributed by atoms with Crippen LogP contribution in [0.5, 0.6) is 0 Å². The van der Waals surface area contributed by atoms with Gasteiger partial charge in [-0.2, -0.15) is 5.10 Å². The minimum atomic E-state index is -0.223. The van der Waals surface area contributed by atoms with Gasteiger partial charge in [-0.05, 0) is 43.8 Å². The van der Waals surface area contributed by atoms with Crippen molar-refractivity contribution in [1.82, 2.24) is 15.1 Å². The maximum Gasteiger partial charge on any atom is 0.123 e. The topological polar surface area (TPSA) is 29.9 Å². The van der Waals surface area contributed by atoms with E-state index in [2.05, 4.69) is 24.3 Å². The zero-order chi connectivity index (χ0) is 13.0. The van der Waals surface area contributed by atoms with Crippen LogP contribution in [0.3, 0.4) is 0 Å². The van der Waals surface area contributed by atoms with Crippen molar-refractivity contribution in [2.45, 2.75) is 26.4 Å². The van der Waals surface area contributed by atoms with Crippen LogP contribution >= 0.6 is 0 Å². The number of benzene rings is 1. The summed E-state index contributed by atoms with van der Waals surface area (Å²) in [5.41, 5.74) is 1.81. The van der Waals surface area contributed by atoms with Gasteiger partial charge in [-0.25, -0.2) is 4.39 Å². The SMILES string of the molecule is CCN[C@@H](C)Cn1ccc(-c2ccc(F)cc2)n1. The Morgan fingerprint density at radius 1 is 1.28 bits per heavy atom. The standard InChI is InChI=1S/C14H18FN3/c1-3-16-11(2)10-18-9-8-14(17-18)12-4-6-13(15)7-5-12/h4-9,11,16H,3,10H2,1-2H3/t11-/m0/s1. The van der Waals surface area contributed by atoms with Gasteiger partial charge in [0, 0.05) is 17.8 Å². The van der Waals surface area contributed by atoms with Gasteiger partial charge < -0.3 is 5.32 Å². The second-order valence-corrected chi connectivity index (χ2v) is 4.39. The van der Waals surface area contributed by atoms with E-state index in [1.807, 2.05) is 16.9 Å². The van der Waals surface area contributed by atoms with Gasteiger partial charge in [0.25, 0.3) is 0 Å². The first-order valence-electron chi connectivity index (χ1n) is 6.22. The Bertz CT molecular complexity index is 490. The van der Waals surface area contributed by atoms with Crippen LogP contribution in [0.15, 0.2) is 36.5 Å². The van der Waals surface area contributed by atoms with Gasteiger partial charge in [-0.15, -0.1) is 0 Å². The maximum absolute atomic E-state index is 12.8. The summed E-state index contributed by atoms with van der Waals surface area (Å²) in [7, 11) is 0. The quantitative estimate of drug-likeness (QED) is 0.880. The molecule has 1 aromatic carbocycles. The summed E-state index contributed by atoms with van der Waals surface area (Å²) in [4.78, 5) is 0. The number of halogens is 1. The van der Waals surface area contributed by atoms with Crippen molar-refractivity contribution in [2.24, 2.45) is 0 Å².